The Hall–Kier alpha value is -0.980. The minimum atomic E-state index is -0.608. The van der Waals surface area contributed by atoms with Gasteiger partial charge in [0.05, 0.1) is 11.8 Å². The maximum atomic E-state index is 12.0. The van der Waals surface area contributed by atoms with Crippen LogP contribution < -0.4 is 0 Å². The molecule has 0 aromatic heterocycles. The summed E-state index contributed by atoms with van der Waals surface area (Å²) in [5.74, 6) is -0.0972. The van der Waals surface area contributed by atoms with Crippen LogP contribution in [0.4, 0.5) is 0 Å². The molecule has 0 aromatic rings. The Bertz CT molecular complexity index is 490. The molecule has 6 heteroatoms. The summed E-state index contributed by atoms with van der Waals surface area (Å²) < 4.78 is 21.5. The van der Waals surface area contributed by atoms with Crippen molar-refractivity contribution in [2.24, 2.45) is 17.3 Å². The summed E-state index contributed by atoms with van der Waals surface area (Å²) in [6.07, 6.45) is 2.42. The minimum Gasteiger partial charge on any atom is -0.393 e. The lowest BCUT2D eigenvalue weighted by Crippen LogP contribution is -2.41. The van der Waals surface area contributed by atoms with Gasteiger partial charge < -0.3 is 18.9 Å². The summed E-state index contributed by atoms with van der Waals surface area (Å²) in [6.45, 7) is 0. The Morgan fingerprint density at radius 1 is 1.00 bits per heavy atom. The molecule has 1 saturated carbocycles. The van der Waals surface area contributed by atoms with Crippen molar-refractivity contribution in [2.45, 2.75) is 50.5 Å². The Morgan fingerprint density at radius 2 is 1.74 bits per heavy atom. The molecule has 5 rings (SSSR count). The van der Waals surface area contributed by atoms with Crippen molar-refractivity contribution < 1.29 is 28.5 Å². The summed E-state index contributed by atoms with van der Waals surface area (Å²) in [6, 6.07) is 0. The Balaban J connectivity index is 1.46. The van der Waals surface area contributed by atoms with Crippen molar-refractivity contribution in [1.82, 2.24) is 0 Å². The van der Waals surface area contributed by atoms with Gasteiger partial charge in [-0.3, -0.25) is 9.59 Å². The molecular formula is C13H14O6. The van der Waals surface area contributed by atoms with Crippen LogP contribution in [-0.2, 0) is 28.5 Å². The molecule has 0 amide bonds. The number of cyclic esters (lactones) is 2. The summed E-state index contributed by atoms with van der Waals surface area (Å²) in [5, 5.41) is 0. The van der Waals surface area contributed by atoms with Gasteiger partial charge in [-0.25, -0.2) is 0 Å². The van der Waals surface area contributed by atoms with E-state index in [-0.39, 0.29) is 49.1 Å². The van der Waals surface area contributed by atoms with Crippen LogP contribution in [0.1, 0.15) is 25.7 Å². The lowest BCUT2D eigenvalue weighted by Gasteiger charge is -2.38. The molecule has 7 unspecified atom stereocenters. The number of fused-ring (bicyclic) bond motifs is 5. The lowest BCUT2D eigenvalue weighted by molar-refractivity contribution is -0.156. The highest BCUT2D eigenvalue weighted by Crippen LogP contribution is 2.58. The van der Waals surface area contributed by atoms with E-state index in [0.29, 0.717) is 18.8 Å². The first kappa shape index (κ1) is 10.8. The number of esters is 2. The minimum absolute atomic E-state index is 0.0714. The molecule has 0 radical (unpaired) electrons. The number of carbonyl (C=O) groups is 2. The van der Waals surface area contributed by atoms with Crippen molar-refractivity contribution in [3.8, 4) is 0 Å². The van der Waals surface area contributed by atoms with Gasteiger partial charge in [0.1, 0.15) is 12.2 Å². The summed E-state index contributed by atoms with van der Waals surface area (Å²) >= 11 is 0. The largest absolute Gasteiger partial charge is 0.393 e. The van der Waals surface area contributed by atoms with E-state index in [1.54, 1.807) is 0 Å². The number of carbonyl (C=O) groups excluding carboxylic acids is 2. The van der Waals surface area contributed by atoms with Crippen LogP contribution in [-0.4, -0.2) is 36.7 Å². The van der Waals surface area contributed by atoms with Gasteiger partial charge in [-0.2, -0.15) is 0 Å². The molecule has 7 atom stereocenters. The molecule has 0 N–H and O–H groups in total. The van der Waals surface area contributed by atoms with E-state index in [9.17, 15) is 9.59 Å². The number of hydrogen-bond acceptors (Lipinski definition) is 6. The fourth-order valence-electron chi connectivity index (χ4n) is 4.25. The maximum absolute atomic E-state index is 12.0. The normalized spacial score (nSPS) is 57.9. The molecule has 5 aliphatic rings. The quantitative estimate of drug-likeness (QED) is 0.357. The molecule has 6 nitrogen and oxygen atoms in total. The smallest absolute Gasteiger partial charge is 0.320 e. The van der Waals surface area contributed by atoms with E-state index in [4.69, 9.17) is 18.9 Å². The molecule has 1 spiro atoms. The van der Waals surface area contributed by atoms with Crippen LogP contribution in [0.25, 0.3) is 0 Å². The van der Waals surface area contributed by atoms with E-state index in [2.05, 4.69) is 0 Å². The summed E-state index contributed by atoms with van der Waals surface area (Å²) in [7, 11) is 0. The van der Waals surface area contributed by atoms with Gasteiger partial charge >= 0.3 is 11.9 Å². The van der Waals surface area contributed by atoms with Crippen LogP contribution >= 0.6 is 0 Å². The molecule has 1 aliphatic carbocycles. The van der Waals surface area contributed by atoms with Gasteiger partial charge in [0.25, 0.3) is 0 Å². The van der Waals surface area contributed by atoms with Gasteiger partial charge in [0.2, 0.25) is 0 Å². The molecular weight excluding hydrogens is 252 g/mol. The molecule has 0 bridgehead atoms. The Labute approximate surface area is 109 Å². The third-order valence-electron chi connectivity index (χ3n) is 5.33. The van der Waals surface area contributed by atoms with Gasteiger partial charge in [-0.15, -0.1) is 0 Å². The molecule has 4 heterocycles. The Morgan fingerprint density at radius 3 is 2.42 bits per heavy atom. The second-order valence-corrected chi connectivity index (χ2v) is 6.36. The fourth-order valence-corrected chi connectivity index (χ4v) is 4.25. The second-order valence-electron chi connectivity index (χ2n) is 6.36. The zero-order valence-corrected chi connectivity index (χ0v) is 10.2. The van der Waals surface area contributed by atoms with E-state index < -0.39 is 5.41 Å². The molecule has 102 valence electrons. The first-order valence-electron chi connectivity index (χ1n) is 6.88. The highest BCUT2D eigenvalue weighted by molar-refractivity contribution is 5.97. The third kappa shape index (κ3) is 1.37. The number of ether oxygens (including phenoxy) is 4. The lowest BCUT2D eigenvalue weighted by atomic mass is 9.63. The SMILES string of the molecule is O=C1CC2(CCC3C(C2)C2OC2OC2OC23)C(=O)O1. The van der Waals surface area contributed by atoms with Crippen molar-refractivity contribution >= 4 is 11.9 Å². The average Bonchev–Trinajstić information content (AvgIpc) is 3.23. The van der Waals surface area contributed by atoms with Gasteiger partial charge in [-0.05, 0) is 31.1 Å². The highest BCUT2D eigenvalue weighted by Gasteiger charge is 2.66. The molecule has 4 saturated heterocycles. The molecule has 5 fully saturated rings. The van der Waals surface area contributed by atoms with Crippen LogP contribution in [0.15, 0.2) is 0 Å². The van der Waals surface area contributed by atoms with Crippen LogP contribution in [0.2, 0.25) is 0 Å². The van der Waals surface area contributed by atoms with E-state index >= 15 is 0 Å². The van der Waals surface area contributed by atoms with E-state index in [1.807, 2.05) is 0 Å². The summed E-state index contributed by atoms with van der Waals surface area (Å²) in [5.41, 5.74) is -0.608. The zero-order chi connectivity index (χ0) is 12.8. The van der Waals surface area contributed by atoms with Crippen molar-refractivity contribution in [3.05, 3.63) is 0 Å². The van der Waals surface area contributed by atoms with Crippen molar-refractivity contribution in [3.63, 3.8) is 0 Å². The molecule has 0 aromatic carbocycles. The second kappa shape index (κ2) is 3.19. The van der Waals surface area contributed by atoms with Crippen LogP contribution in [0.5, 0.6) is 0 Å². The molecule has 4 aliphatic heterocycles. The number of rotatable bonds is 0. The van der Waals surface area contributed by atoms with E-state index in [1.165, 1.54) is 0 Å². The van der Waals surface area contributed by atoms with Crippen LogP contribution in [0.3, 0.4) is 0 Å². The zero-order valence-electron chi connectivity index (χ0n) is 10.2. The van der Waals surface area contributed by atoms with E-state index in [0.717, 1.165) is 6.42 Å². The third-order valence-corrected chi connectivity index (χ3v) is 5.33. The monoisotopic (exact) mass is 266 g/mol. The van der Waals surface area contributed by atoms with Gasteiger partial charge in [-0.1, -0.05) is 0 Å². The van der Waals surface area contributed by atoms with Crippen molar-refractivity contribution in [2.75, 3.05) is 0 Å². The predicted octanol–water partition coefficient (Wildman–Crippen LogP) is 0.343. The van der Waals surface area contributed by atoms with Gasteiger partial charge in [0, 0.05) is 0 Å². The predicted molar refractivity (Wildman–Crippen MR) is 57.4 cm³/mol. The van der Waals surface area contributed by atoms with Crippen LogP contribution in [0, 0.1) is 17.3 Å². The first-order chi connectivity index (χ1) is 9.16. The topological polar surface area (TPSA) is 77.7 Å². The van der Waals surface area contributed by atoms with Gasteiger partial charge in [0.15, 0.2) is 12.6 Å². The summed E-state index contributed by atoms with van der Waals surface area (Å²) in [4.78, 5) is 23.4. The first-order valence-corrected chi connectivity index (χ1v) is 6.88. The Kier molecular flexibility index (Phi) is 1.81. The van der Waals surface area contributed by atoms with Crippen molar-refractivity contribution in [1.29, 1.82) is 0 Å². The number of epoxide rings is 2. The maximum Gasteiger partial charge on any atom is 0.320 e. The fraction of sp³-hybridized carbons (Fsp3) is 0.846. The standard InChI is InChI=1S/C13H14O6/c14-7-4-13(12(15)16-7)2-1-5-6(3-13)9-11(18-9)19-10-8(5)17-10/h5-6,8-11H,1-4H2. The average molecular weight is 266 g/mol. The highest BCUT2D eigenvalue weighted by atomic mass is 16.9. The number of hydrogen-bond donors (Lipinski definition) is 0. The molecule has 19 heavy (non-hydrogen) atoms.